The Hall–Kier alpha value is -1.43. The van der Waals surface area contributed by atoms with Crippen LogP contribution >= 0.6 is 0 Å². The molecule has 0 bridgehead atoms. The number of nitrogens with zero attached hydrogens (tertiary/aromatic N) is 4. The first-order chi connectivity index (χ1) is 8.10. The molecule has 1 aliphatic heterocycles. The maximum absolute atomic E-state index is 12.4. The van der Waals surface area contributed by atoms with Crippen LogP contribution in [0.25, 0.3) is 0 Å². The van der Waals surface area contributed by atoms with Gasteiger partial charge < -0.3 is 15.2 Å². The van der Waals surface area contributed by atoms with Crippen molar-refractivity contribution in [3.8, 4) is 0 Å². The maximum atomic E-state index is 12.4. The second kappa shape index (κ2) is 4.44. The normalized spacial score (nSPS) is 18.6. The first-order valence-corrected chi connectivity index (χ1v) is 5.97. The van der Waals surface area contributed by atoms with Gasteiger partial charge in [0, 0.05) is 19.6 Å². The van der Waals surface area contributed by atoms with Gasteiger partial charge in [-0.3, -0.25) is 4.79 Å². The Kier molecular flexibility index (Phi) is 3.15. The number of nitrogens with two attached hydrogens (primary N) is 1. The molecule has 0 saturated carbocycles. The van der Waals surface area contributed by atoms with Crippen molar-refractivity contribution >= 4 is 5.91 Å². The summed E-state index contributed by atoms with van der Waals surface area (Å²) >= 11 is 0. The standard InChI is InChI=1S/C11H19N5O/c1-3-11(2,7-12)10(17)15-4-5-16-8-13-14-9(16)6-15/h8H,3-7,12H2,1-2H3. The zero-order valence-electron chi connectivity index (χ0n) is 10.4. The Morgan fingerprint density at radius 2 is 2.35 bits per heavy atom. The lowest BCUT2D eigenvalue weighted by Gasteiger charge is -2.35. The summed E-state index contributed by atoms with van der Waals surface area (Å²) in [5.41, 5.74) is 5.26. The van der Waals surface area contributed by atoms with Crippen LogP contribution in [0.5, 0.6) is 0 Å². The highest BCUT2D eigenvalue weighted by Crippen LogP contribution is 2.24. The minimum Gasteiger partial charge on any atom is -0.333 e. The third-order valence-electron chi connectivity index (χ3n) is 3.67. The van der Waals surface area contributed by atoms with Crippen molar-refractivity contribution in [2.45, 2.75) is 33.4 Å². The van der Waals surface area contributed by atoms with Crippen LogP contribution < -0.4 is 5.73 Å². The van der Waals surface area contributed by atoms with Crippen molar-refractivity contribution in [1.29, 1.82) is 0 Å². The second-order valence-electron chi connectivity index (χ2n) is 4.79. The predicted octanol–water partition coefficient (Wildman–Crippen LogP) is -0.00470. The van der Waals surface area contributed by atoms with Crippen molar-refractivity contribution in [3.05, 3.63) is 12.2 Å². The zero-order chi connectivity index (χ0) is 12.5. The molecule has 2 rings (SSSR count). The van der Waals surface area contributed by atoms with Gasteiger partial charge in [0.05, 0.1) is 12.0 Å². The molecule has 1 aromatic heterocycles. The van der Waals surface area contributed by atoms with Gasteiger partial charge in [-0.2, -0.15) is 0 Å². The molecule has 94 valence electrons. The fraction of sp³-hybridized carbons (Fsp3) is 0.727. The molecular weight excluding hydrogens is 218 g/mol. The van der Waals surface area contributed by atoms with Gasteiger partial charge >= 0.3 is 0 Å². The molecule has 2 N–H and O–H groups in total. The number of amides is 1. The van der Waals surface area contributed by atoms with E-state index in [0.717, 1.165) is 18.8 Å². The molecule has 1 aromatic rings. The molecule has 0 radical (unpaired) electrons. The molecule has 6 heteroatoms. The van der Waals surface area contributed by atoms with E-state index in [2.05, 4.69) is 10.2 Å². The van der Waals surface area contributed by atoms with Crippen LogP contribution in [-0.2, 0) is 17.9 Å². The summed E-state index contributed by atoms with van der Waals surface area (Å²) < 4.78 is 1.98. The number of hydrogen-bond acceptors (Lipinski definition) is 4. The summed E-state index contributed by atoms with van der Waals surface area (Å²) in [6.07, 6.45) is 2.46. The molecule has 1 atom stereocenters. The first-order valence-electron chi connectivity index (χ1n) is 5.97. The SMILES string of the molecule is CCC(C)(CN)C(=O)N1CCn2cnnc2C1. The van der Waals surface area contributed by atoms with E-state index >= 15 is 0 Å². The number of hydrogen-bond donors (Lipinski definition) is 1. The molecule has 0 aliphatic carbocycles. The number of carbonyl (C=O) groups excluding carboxylic acids is 1. The van der Waals surface area contributed by atoms with Gasteiger partial charge in [-0.05, 0) is 13.3 Å². The van der Waals surface area contributed by atoms with E-state index < -0.39 is 5.41 Å². The van der Waals surface area contributed by atoms with Gasteiger partial charge in [0.15, 0.2) is 5.82 Å². The van der Waals surface area contributed by atoms with Crippen LogP contribution in [0.15, 0.2) is 6.33 Å². The lowest BCUT2D eigenvalue weighted by atomic mass is 9.86. The Morgan fingerprint density at radius 1 is 1.59 bits per heavy atom. The van der Waals surface area contributed by atoms with Crippen molar-refractivity contribution in [3.63, 3.8) is 0 Å². The molecule has 0 fully saturated rings. The largest absolute Gasteiger partial charge is 0.333 e. The molecule has 17 heavy (non-hydrogen) atoms. The van der Waals surface area contributed by atoms with E-state index in [-0.39, 0.29) is 5.91 Å². The van der Waals surface area contributed by atoms with Gasteiger partial charge in [0.1, 0.15) is 6.33 Å². The fourth-order valence-electron chi connectivity index (χ4n) is 2.00. The third-order valence-corrected chi connectivity index (χ3v) is 3.67. The summed E-state index contributed by atoms with van der Waals surface area (Å²) in [5.74, 6) is 0.969. The Morgan fingerprint density at radius 3 is 3.00 bits per heavy atom. The van der Waals surface area contributed by atoms with Crippen LogP contribution in [0.4, 0.5) is 0 Å². The molecule has 1 unspecified atom stereocenters. The van der Waals surface area contributed by atoms with Crippen molar-refractivity contribution < 1.29 is 4.79 Å². The molecular formula is C11H19N5O. The quantitative estimate of drug-likeness (QED) is 0.802. The Bertz CT molecular complexity index is 410. The Balaban J connectivity index is 2.13. The minimum atomic E-state index is -0.456. The van der Waals surface area contributed by atoms with Crippen LogP contribution in [0.3, 0.4) is 0 Å². The first kappa shape index (κ1) is 12.0. The highest BCUT2D eigenvalue weighted by Gasteiger charge is 2.35. The van der Waals surface area contributed by atoms with Crippen molar-refractivity contribution in [1.82, 2.24) is 19.7 Å². The summed E-state index contributed by atoms with van der Waals surface area (Å²) in [6.45, 7) is 6.31. The van der Waals surface area contributed by atoms with Gasteiger partial charge in [-0.15, -0.1) is 10.2 Å². The molecule has 6 nitrogen and oxygen atoms in total. The highest BCUT2D eigenvalue weighted by atomic mass is 16.2. The van der Waals surface area contributed by atoms with Crippen molar-refractivity contribution in [2.75, 3.05) is 13.1 Å². The van der Waals surface area contributed by atoms with E-state index in [1.165, 1.54) is 0 Å². The third kappa shape index (κ3) is 2.04. The maximum Gasteiger partial charge on any atom is 0.230 e. The summed E-state index contributed by atoms with van der Waals surface area (Å²) in [5, 5.41) is 7.86. The second-order valence-corrected chi connectivity index (χ2v) is 4.79. The number of carbonyl (C=O) groups is 1. The molecule has 1 amide bonds. The summed E-state index contributed by atoms with van der Waals surface area (Å²) in [6, 6.07) is 0. The Labute approximate surface area is 101 Å². The summed E-state index contributed by atoms with van der Waals surface area (Å²) in [4.78, 5) is 14.2. The van der Waals surface area contributed by atoms with E-state index in [9.17, 15) is 4.79 Å². The van der Waals surface area contributed by atoms with Crippen LogP contribution in [0.2, 0.25) is 0 Å². The molecule has 0 aromatic carbocycles. The van der Waals surface area contributed by atoms with Gasteiger partial charge in [-0.1, -0.05) is 6.92 Å². The topological polar surface area (TPSA) is 77.0 Å². The van der Waals surface area contributed by atoms with Crippen molar-refractivity contribution in [2.24, 2.45) is 11.1 Å². The molecule has 1 aliphatic rings. The molecule has 0 saturated heterocycles. The number of fused-ring (bicyclic) bond motifs is 1. The van der Waals surface area contributed by atoms with Crippen LogP contribution in [-0.4, -0.2) is 38.7 Å². The molecule has 2 heterocycles. The van der Waals surface area contributed by atoms with Gasteiger partial charge in [0.2, 0.25) is 5.91 Å². The average molecular weight is 237 g/mol. The van der Waals surface area contributed by atoms with Gasteiger partial charge in [-0.25, -0.2) is 0 Å². The van der Waals surface area contributed by atoms with E-state index in [4.69, 9.17) is 5.73 Å². The fourth-order valence-corrected chi connectivity index (χ4v) is 2.00. The molecule has 0 spiro atoms. The lowest BCUT2D eigenvalue weighted by Crippen LogP contribution is -2.48. The monoisotopic (exact) mass is 237 g/mol. The zero-order valence-corrected chi connectivity index (χ0v) is 10.4. The number of aromatic nitrogens is 3. The van der Waals surface area contributed by atoms with Crippen LogP contribution in [0.1, 0.15) is 26.1 Å². The predicted molar refractivity (Wildman–Crippen MR) is 62.9 cm³/mol. The van der Waals surface area contributed by atoms with Gasteiger partial charge in [0.25, 0.3) is 0 Å². The summed E-state index contributed by atoms with van der Waals surface area (Å²) in [7, 11) is 0. The average Bonchev–Trinajstić information content (AvgIpc) is 2.84. The lowest BCUT2D eigenvalue weighted by molar-refractivity contribution is -0.142. The number of rotatable bonds is 3. The van der Waals surface area contributed by atoms with E-state index in [0.29, 0.717) is 19.6 Å². The van der Waals surface area contributed by atoms with E-state index in [1.807, 2.05) is 23.3 Å². The highest BCUT2D eigenvalue weighted by molar-refractivity contribution is 5.82. The smallest absolute Gasteiger partial charge is 0.230 e. The van der Waals surface area contributed by atoms with Crippen LogP contribution in [0, 0.1) is 5.41 Å². The minimum absolute atomic E-state index is 0.122. The van der Waals surface area contributed by atoms with E-state index in [1.54, 1.807) is 6.33 Å².